The van der Waals surface area contributed by atoms with E-state index < -0.39 is 106 Å². The average molecular weight is 1310 g/mol. The molecule has 0 bridgehead atoms. The quantitative estimate of drug-likeness (QED) is 0.0232. The molecule has 0 unspecified atom stereocenters. The Morgan fingerprint density at radius 2 is 0.767 bits per heavy atom. The minimum atomic E-state index is -1.06. The number of nitrogens with one attached hydrogen (secondary N) is 4. The van der Waals surface area contributed by atoms with Gasteiger partial charge >= 0.3 is 66.2 Å². The van der Waals surface area contributed by atoms with Gasteiger partial charge in [-0.15, -0.1) is 12.4 Å². The molecule has 28 heteroatoms. The summed E-state index contributed by atoms with van der Waals surface area (Å²) in [5, 5.41) is 19.8. The van der Waals surface area contributed by atoms with Crippen LogP contribution < -0.4 is 27.0 Å². The van der Waals surface area contributed by atoms with E-state index in [1.54, 1.807) is 104 Å². The molecular formula is C62H104ClN5O22. The van der Waals surface area contributed by atoms with E-state index in [1.165, 1.54) is 0 Å². The Hall–Kier alpha value is -7.47. The third-order valence-electron chi connectivity index (χ3n) is 10.6. The fourth-order valence-electron chi connectivity index (χ4n) is 6.85. The summed E-state index contributed by atoms with van der Waals surface area (Å²) < 4.78 is 36.2. The summed E-state index contributed by atoms with van der Waals surface area (Å²) in [6, 6.07) is 5.21. The van der Waals surface area contributed by atoms with Crippen molar-refractivity contribution in [3.63, 3.8) is 0 Å². The molecule has 1 aromatic rings. The SMILES string of the molecule is CC(C)(C)OC(=O)CC[C@H](N)OC=O.CC(C)(C)OC(=O)CC[C@H](NC(=O)N[C@@H](CCC(=O)O)C(C)(C)C)C(=O)OC(C)(C)C.CC(C)(C)OC(=O)CC[C@H](NC(=O)N[C@@H](CCC(=O)OCc1ccccc1)C(C)(C)C)C(=O)OC(C)(C)C.Cl.O=C=O.O=C=O. The number of urea groups is 2. The highest BCUT2D eigenvalue weighted by Crippen LogP contribution is 2.25. The van der Waals surface area contributed by atoms with Crippen LogP contribution in [-0.4, -0.2) is 136 Å². The van der Waals surface area contributed by atoms with Crippen molar-refractivity contribution >= 4 is 85.0 Å². The molecule has 90 heavy (non-hydrogen) atoms. The van der Waals surface area contributed by atoms with Crippen molar-refractivity contribution in [2.45, 2.75) is 275 Å². The number of ether oxygens (including phenoxy) is 7. The van der Waals surface area contributed by atoms with Crippen LogP contribution in [0.2, 0.25) is 0 Å². The zero-order valence-electron chi connectivity index (χ0n) is 56.6. The highest BCUT2D eigenvalue weighted by molar-refractivity contribution is 5.86. The van der Waals surface area contributed by atoms with E-state index in [0.29, 0.717) is 6.42 Å². The number of esters is 6. The largest absolute Gasteiger partial charge is 0.481 e. The Bertz CT molecular complexity index is 2400. The second-order valence-corrected chi connectivity index (χ2v) is 27.2. The molecule has 0 saturated carbocycles. The Kier molecular flexibility index (Phi) is 44.7. The first kappa shape index (κ1) is 91.3. The first-order valence-corrected chi connectivity index (χ1v) is 28.8. The molecule has 0 aromatic heterocycles. The van der Waals surface area contributed by atoms with Crippen molar-refractivity contribution in [2.75, 3.05) is 0 Å². The zero-order valence-corrected chi connectivity index (χ0v) is 57.5. The molecule has 0 heterocycles. The standard InChI is InChI=1S/C29H46N2O7.C22H40N2O7.C9H17NO4.2CO2.ClH/c1-27(2,3)22(16-18-23(32)36-19-20-13-11-10-12-14-20)31-26(35)30-21(25(34)38-29(7,8)9)15-17-24(33)37-28(4,5)6;1-20(2,3)15(11-12-16(25)26)24-19(29)23-14(18(28)31-22(7,8)9)10-13-17(27)30-21(4,5)6;1-9(2,3)14-8(12)5-4-7(10)13-6-11;2*2-1-3;/h10-14,21-22H,15-19H2,1-9H3,(H2,30,31,35);14-15H,10-13H2,1-9H3,(H,25,26)(H2,23,24,29);6-7H,4-5,10H2,1-3H3;;;1H/t21-,22-;14-,15-;7-;;;/m001.../s1. The van der Waals surface area contributed by atoms with Crippen molar-refractivity contribution in [3.8, 4) is 0 Å². The van der Waals surface area contributed by atoms with Crippen molar-refractivity contribution in [1.29, 1.82) is 0 Å². The number of hydrogen-bond acceptors (Lipinski definition) is 22. The first-order valence-electron chi connectivity index (χ1n) is 28.8. The zero-order chi connectivity index (χ0) is 70.4. The molecule has 1 aromatic carbocycles. The van der Waals surface area contributed by atoms with Gasteiger partial charge in [-0.3, -0.25) is 34.5 Å². The van der Waals surface area contributed by atoms with E-state index in [2.05, 4.69) is 26.0 Å². The lowest BCUT2D eigenvalue weighted by atomic mass is 9.84. The summed E-state index contributed by atoms with van der Waals surface area (Å²) in [7, 11) is 0. The van der Waals surface area contributed by atoms with E-state index in [9.17, 15) is 47.9 Å². The van der Waals surface area contributed by atoms with E-state index in [0.717, 1.165) is 5.56 Å². The minimum Gasteiger partial charge on any atom is -0.481 e. The van der Waals surface area contributed by atoms with E-state index in [-0.39, 0.29) is 113 Å². The van der Waals surface area contributed by atoms with Crippen LogP contribution in [0.15, 0.2) is 30.3 Å². The highest BCUT2D eigenvalue weighted by Gasteiger charge is 2.34. The Morgan fingerprint density at radius 1 is 0.467 bits per heavy atom. The maximum absolute atomic E-state index is 12.9. The van der Waals surface area contributed by atoms with Crippen LogP contribution in [0.3, 0.4) is 0 Å². The summed E-state index contributed by atoms with van der Waals surface area (Å²) in [5.74, 6) is -3.94. The molecule has 0 aliphatic rings. The Balaban J connectivity index is -0.000000413. The number of halogens is 1. The first-order chi connectivity index (χ1) is 40.3. The van der Waals surface area contributed by atoms with Gasteiger partial charge in [0.2, 0.25) is 0 Å². The number of carbonyl (C=O) groups is 10. The summed E-state index contributed by atoms with van der Waals surface area (Å²) in [4.78, 5) is 152. The van der Waals surface area contributed by atoms with Crippen LogP contribution >= 0.6 is 12.4 Å². The monoisotopic (exact) mass is 1310 g/mol. The second-order valence-electron chi connectivity index (χ2n) is 27.2. The number of rotatable bonds is 25. The molecule has 5 atom stereocenters. The van der Waals surface area contributed by atoms with Gasteiger partial charge in [-0.25, -0.2) is 19.2 Å². The van der Waals surface area contributed by atoms with Crippen LogP contribution in [-0.2, 0) is 97.3 Å². The lowest BCUT2D eigenvalue weighted by Crippen LogP contribution is -2.53. The van der Waals surface area contributed by atoms with Crippen LogP contribution in [0.4, 0.5) is 9.59 Å². The van der Waals surface area contributed by atoms with Gasteiger partial charge in [0, 0.05) is 44.2 Å². The number of carboxylic acid groups (broad SMARTS) is 1. The number of carbonyl (C=O) groups excluding carboxylic acids is 13. The molecule has 0 aliphatic carbocycles. The van der Waals surface area contributed by atoms with Crippen LogP contribution in [0.25, 0.3) is 0 Å². The number of aliphatic carboxylic acids is 1. The number of amides is 4. The topological polar surface area (TPSA) is 398 Å². The Morgan fingerprint density at radius 3 is 1.06 bits per heavy atom. The fourth-order valence-corrected chi connectivity index (χ4v) is 6.85. The lowest BCUT2D eigenvalue weighted by molar-refractivity contribution is -0.193. The maximum atomic E-state index is 12.9. The fraction of sp³-hybridized carbons (Fsp3) is 0.710. The molecule has 0 fully saturated rings. The number of carboxylic acids is 1. The Labute approximate surface area is 536 Å². The van der Waals surface area contributed by atoms with Gasteiger partial charge in [-0.1, -0.05) is 71.9 Å². The van der Waals surface area contributed by atoms with Gasteiger partial charge in [-0.05, 0) is 146 Å². The third-order valence-corrected chi connectivity index (χ3v) is 10.6. The molecular weight excluding hydrogens is 1200 g/mol. The molecule has 0 saturated heterocycles. The average Bonchev–Trinajstić information content (AvgIpc) is 2.15. The van der Waals surface area contributed by atoms with Gasteiger partial charge in [0.15, 0.2) is 6.23 Å². The van der Waals surface area contributed by atoms with Gasteiger partial charge in [0.1, 0.15) is 46.7 Å². The summed E-state index contributed by atoms with van der Waals surface area (Å²) >= 11 is 0. The normalized spacial score (nSPS) is 12.9. The van der Waals surface area contributed by atoms with Crippen LogP contribution in [0.1, 0.15) is 215 Å². The molecule has 0 aliphatic heterocycles. The predicted molar refractivity (Wildman–Crippen MR) is 329 cm³/mol. The van der Waals surface area contributed by atoms with E-state index >= 15 is 0 Å². The minimum absolute atomic E-state index is 0. The smallest absolute Gasteiger partial charge is 0.373 e. The van der Waals surface area contributed by atoms with Crippen LogP contribution in [0, 0.1) is 10.8 Å². The van der Waals surface area contributed by atoms with E-state index in [1.807, 2.05) is 71.9 Å². The summed E-state index contributed by atoms with van der Waals surface area (Å²) in [5.41, 5.74) is 2.10. The maximum Gasteiger partial charge on any atom is 0.373 e. The van der Waals surface area contributed by atoms with Crippen molar-refractivity contribution in [2.24, 2.45) is 16.6 Å². The highest BCUT2D eigenvalue weighted by atomic mass is 35.5. The summed E-state index contributed by atoms with van der Waals surface area (Å²) in [6.07, 6.45) is 0.650. The van der Waals surface area contributed by atoms with Gasteiger partial charge in [0.25, 0.3) is 6.47 Å². The molecule has 7 N–H and O–H groups in total. The van der Waals surface area contributed by atoms with Crippen molar-refractivity contribution in [1.82, 2.24) is 21.3 Å². The predicted octanol–water partition coefficient (Wildman–Crippen LogP) is 8.27. The molecule has 27 nitrogen and oxygen atoms in total. The number of benzene rings is 1. The number of hydrogen-bond donors (Lipinski definition) is 6. The number of nitrogens with two attached hydrogens (primary N) is 1. The molecule has 516 valence electrons. The molecule has 4 amide bonds. The molecule has 1 rings (SSSR count). The second kappa shape index (κ2) is 44.1. The third kappa shape index (κ3) is 57.0. The van der Waals surface area contributed by atoms with Crippen molar-refractivity contribution in [3.05, 3.63) is 35.9 Å². The summed E-state index contributed by atoms with van der Waals surface area (Å²) in [6.45, 7) is 38.1. The van der Waals surface area contributed by atoms with Crippen LogP contribution in [0.5, 0.6) is 0 Å². The van der Waals surface area contributed by atoms with Gasteiger partial charge < -0.3 is 59.5 Å². The molecule has 0 radical (unpaired) electrons. The lowest BCUT2D eigenvalue weighted by Gasteiger charge is -2.32. The van der Waals surface area contributed by atoms with Crippen molar-refractivity contribution < 1.29 is 105 Å². The molecule has 0 spiro atoms. The van der Waals surface area contributed by atoms with E-state index in [4.69, 9.17) is 58.4 Å². The van der Waals surface area contributed by atoms with Gasteiger partial charge in [-0.2, -0.15) is 19.2 Å². The van der Waals surface area contributed by atoms with Gasteiger partial charge in [0.05, 0.1) is 6.42 Å².